The zero-order valence-electron chi connectivity index (χ0n) is 13.4. The van der Waals surface area contributed by atoms with Crippen LogP contribution in [0.2, 0.25) is 0 Å². The van der Waals surface area contributed by atoms with Crippen LogP contribution in [0.15, 0.2) is 18.2 Å². The summed E-state index contributed by atoms with van der Waals surface area (Å²) in [6, 6.07) is 3.79. The van der Waals surface area contributed by atoms with Crippen molar-refractivity contribution >= 4 is 5.97 Å². The minimum Gasteiger partial charge on any atom is -0.494 e. The van der Waals surface area contributed by atoms with Gasteiger partial charge < -0.3 is 9.84 Å². The van der Waals surface area contributed by atoms with Crippen LogP contribution in [0, 0.1) is 17.6 Å². The number of hydrogen-bond acceptors (Lipinski definition) is 2. The number of carboxylic acid groups (broad SMARTS) is 1. The maximum Gasteiger partial charge on any atom is 0.306 e. The minimum atomic E-state index is -2.75. The van der Waals surface area contributed by atoms with Gasteiger partial charge in [0.25, 0.3) is 0 Å². The zero-order chi connectivity index (χ0) is 18.0. The number of hydrogen-bond donors (Lipinski definition) is 1. The monoisotopic (exact) mass is 338 g/mol. The molecule has 7 heteroatoms. The van der Waals surface area contributed by atoms with E-state index in [1.54, 1.807) is 0 Å². The van der Waals surface area contributed by atoms with Crippen molar-refractivity contribution in [2.45, 2.75) is 45.5 Å². The van der Waals surface area contributed by atoms with Crippen LogP contribution in [-0.4, -0.2) is 24.1 Å². The van der Waals surface area contributed by atoms with Gasteiger partial charge >= 0.3 is 5.97 Å². The topological polar surface area (TPSA) is 46.5 Å². The zero-order valence-corrected chi connectivity index (χ0v) is 13.4. The van der Waals surface area contributed by atoms with Gasteiger partial charge in [0.05, 0.1) is 13.0 Å². The fourth-order valence-corrected chi connectivity index (χ4v) is 2.02. The summed E-state index contributed by atoms with van der Waals surface area (Å²) < 4.78 is 54.4. The van der Waals surface area contributed by atoms with E-state index in [0.29, 0.717) is 12.8 Å². The average Bonchev–Trinajstić information content (AvgIpc) is 2.51. The first kappa shape index (κ1) is 21.2. The summed E-state index contributed by atoms with van der Waals surface area (Å²) in [6.45, 7) is 4.00. The number of ether oxygens (including phenoxy) is 1. The summed E-state index contributed by atoms with van der Waals surface area (Å²) >= 11 is 0. The molecule has 1 aromatic rings. The fourth-order valence-electron chi connectivity index (χ4n) is 2.02. The smallest absolute Gasteiger partial charge is 0.306 e. The first-order valence-electron chi connectivity index (χ1n) is 7.35. The first-order chi connectivity index (χ1) is 10.8. The van der Waals surface area contributed by atoms with Crippen LogP contribution >= 0.6 is 0 Å². The second-order valence-electron chi connectivity index (χ2n) is 4.74. The fraction of sp³-hybridized carbons (Fsp3) is 0.562. The normalized spacial score (nSPS) is 18.7. The molecule has 3 nitrogen and oxygen atoms in total. The van der Waals surface area contributed by atoms with E-state index in [1.165, 1.54) is 19.2 Å². The quantitative estimate of drug-likeness (QED) is 0.781. The van der Waals surface area contributed by atoms with Gasteiger partial charge in [-0.05, 0) is 25.0 Å². The molecular weight excluding hydrogens is 316 g/mol. The number of methoxy groups -OCH3 is 1. The van der Waals surface area contributed by atoms with Crippen molar-refractivity contribution in [2.24, 2.45) is 5.92 Å². The Bertz CT molecular complexity index is 492. The Kier molecular flexibility index (Phi) is 9.29. The summed E-state index contributed by atoms with van der Waals surface area (Å²) in [7, 11) is 1.29. The van der Waals surface area contributed by atoms with E-state index in [1.807, 2.05) is 13.8 Å². The van der Waals surface area contributed by atoms with Gasteiger partial charge in [0.1, 0.15) is 0 Å². The van der Waals surface area contributed by atoms with Gasteiger partial charge in [-0.15, -0.1) is 0 Å². The molecule has 0 heterocycles. The minimum absolute atomic E-state index is 0.0694. The highest BCUT2D eigenvalue weighted by molar-refractivity contribution is 5.70. The molecule has 1 fully saturated rings. The predicted molar refractivity (Wildman–Crippen MR) is 78.8 cm³/mol. The van der Waals surface area contributed by atoms with Crippen LogP contribution in [0.1, 0.15) is 39.5 Å². The Morgan fingerprint density at radius 2 is 1.91 bits per heavy atom. The summed E-state index contributed by atoms with van der Waals surface area (Å²) in [5.74, 6) is -6.58. The molecule has 1 aromatic carbocycles. The molecule has 132 valence electrons. The van der Waals surface area contributed by atoms with E-state index in [-0.39, 0.29) is 12.2 Å². The number of benzene rings is 1. The van der Waals surface area contributed by atoms with Gasteiger partial charge in [-0.2, -0.15) is 4.39 Å². The highest BCUT2D eigenvalue weighted by atomic mass is 19.3. The van der Waals surface area contributed by atoms with Gasteiger partial charge in [0.15, 0.2) is 11.6 Å². The van der Waals surface area contributed by atoms with Crippen LogP contribution in [0.25, 0.3) is 0 Å². The molecule has 0 saturated heterocycles. The average molecular weight is 338 g/mol. The number of carboxylic acids is 1. The van der Waals surface area contributed by atoms with Crippen molar-refractivity contribution in [3.8, 4) is 5.75 Å². The van der Waals surface area contributed by atoms with Crippen LogP contribution in [-0.2, 0) is 4.79 Å². The molecule has 0 radical (unpaired) electrons. The Morgan fingerprint density at radius 1 is 1.30 bits per heavy atom. The van der Waals surface area contributed by atoms with Gasteiger partial charge in [-0.3, -0.25) is 4.79 Å². The molecule has 1 aliphatic carbocycles. The number of halogens is 4. The Morgan fingerprint density at radius 3 is 2.30 bits per heavy atom. The van der Waals surface area contributed by atoms with Gasteiger partial charge in [0, 0.05) is 12.8 Å². The third-order valence-corrected chi connectivity index (χ3v) is 3.13. The second-order valence-corrected chi connectivity index (χ2v) is 4.74. The van der Waals surface area contributed by atoms with Gasteiger partial charge in [0.2, 0.25) is 11.7 Å². The molecule has 1 N–H and O–H groups in total. The predicted octanol–water partition coefficient (Wildman–Crippen LogP) is 4.90. The molecule has 1 saturated carbocycles. The molecule has 0 spiro atoms. The molecule has 23 heavy (non-hydrogen) atoms. The molecule has 0 aromatic heterocycles. The van der Waals surface area contributed by atoms with Crippen molar-refractivity contribution in [1.82, 2.24) is 0 Å². The third-order valence-electron chi connectivity index (χ3n) is 3.13. The summed E-state index contributed by atoms with van der Waals surface area (Å²) in [5.41, 5.74) is 0. The first-order valence-corrected chi connectivity index (χ1v) is 7.35. The van der Waals surface area contributed by atoms with Crippen molar-refractivity contribution in [3.63, 3.8) is 0 Å². The molecule has 1 aliphatic rings. The molecule has 0 bridgehead atoms. The highest BCUT2D eigenvalue weighted by Crippen LogP contribution is 2.36. The molecule has 0 aliphatic heterocycles. The lowest BCUT2D eigenvalue weighted by Crippen LogP contribution is -2.30. The molecular formula is C16H22F4O3. The maximum atomic E-state index is 12.6. The van der Waals surface area contributed by atoms with E-state index < -0.39 is 35.9 Å². The Hall–Kier alpha value is -1.79. The van der Waals surface area contributed by atoms with E-state index in [4.69, 9.17) is 5.11 Å². The lowest BCUT2D eigenvalue weighted by molar-refractivity contribution is -0.148. The Balaban J connectivity index is 0.000000381. The highest BCUT2D eigenvalue weighted by Gasteiger charge is 2.38. The number of aliphatic carboxylic acids is 1. The van der Waals surface area contributed by atoms with Crippen molar-refractivity contribution < 1.29 is 32.2 Å². The SMILES string of the molecule is CC.COc1cccc(F)c1F.O=C(O)[C@H]1CCCC(F)(F)C1. The second kappa shape index (κ2) is 10.1. The lowest BCUT2D eigenvalue weighted by Gasteiger charge is -2.25. The molecule has 0 amide bonds. The number of carbonyl (C=O) groups is 1. The summed E-state index contributed by atoms with van der Waals surface area (Å²) in [5, 5.41) is 8.44. The van der Waals surface area contributed by atoms with Crippen molar-refractivity contribution in [1.29, 1.82) is 0 Å². The van der Waals surface area contributed by atoms with Gasteiger partial charge in [-0.1, -0.05) is 19.9 Å². The van der Waals surface area contributed by atoms with Crippen LogP contribution < -0.4 is 4.74 Å². The lowest BCUT2D eigenvalue weighted by atomic mass is 9.87. The third kappa shape index (κ3) is 7.34. The van der Waals surface area contributed by atoms with E-state index >= 15 is 0 Å². The number of rotatable bonds is 2. The molecule has 2 rings (SSSR count). The van der Waals surface area contributed by atoms with Gasteiger partial charge in [-0.25, -0.2) is 13.2 Å². The van der Waals surface area contributed by atoms with Crippen molar-refractivity contribution in [3.05, 3.63) is 29.8 Å². The largest absolute Gasteiger partial charge is 0.494 e. The number of alkyl halides is 2. The van der Waals surface area contributed by atoms with Crippen LogP contribution in [0.5, 0.6) is 5.75 Å². The van der Waals surface area contributed by atoms with Crippen LogP contribution in [0.4, 0.5) is 17.6 Å². The van der Waals surface area contributed by atoms with E-state index in [2.05, 4.69) is 4.74 Å². The van der Waals surface area contributed by atoms with E-state index in [0.717, 1.165) is 6.07 Å². The standard InChI is InChI=1S/C7H10F2O2.C7H6F2O.C2H6/c8-7(9)3-1-2-5(4-7)6(10)11;1-10-6-4-2-3-5(8)7(6)9;1-2/h5H,1-4H2,(H,10,11);2-4H,1H3;1-2H3/t5-;;/m0../s1. The summed E-state index contributed by atoms with van der Waals surface area (Å²) in [6.07, 6.45) is 0.0774. The molecule has 0 unspecified atom stereocenters. The van der Waals surface area contributed by atoms with E-state index in [9.17, 15) is 22.4 Å². The Labute approximate surface area is 133 Å². The van der Waals surface area contributed by atoms with Crippen molar-refractivity contribution in [2.75, 3.05) is 7.11 Å². The maximum absolute atomic E-state index is 12.6. The molecule has 1 atom stereocenters. The van der Waals surface area contributed by atoms with Crippen LogP contribution in [0.3, 0.4) is 0 Å². The summed E-state index contributed by atoms with van der Waals surface area (Å²) in [4.78, 5) is 10.3.